The fourth-order valence-corrected chi connectivity index (χ4v) is 5.17. The van der Waals surface area contributed by atoms with Gasteiger partial charge in [-0.3, -0.25) is 24.5 Å². The summed E-state index contributed by atoms with van der Waals surface area (Å²) in [6, 6.07) is 10.8. The normalized spacial score (nSPS) is 18.2. The monoisotopic (exact) mass is 534 g/mol. The Bertz CT molecular complexity index is 1240. The minimum Gasteiger partial charge on any atom is -0.368 e. The van der Waals surface area contributed by atoms with Gasteiger partial charge in [0.05, 0.1) is 16.3 Å². The lowest BCUT2D eigenvalue weighted by molar-refractivity contribution is -0.384. The van der Waals surface area contributed by atoms with Crippen molar-refractivity contribution < 1.29 is 19.3 Å². The van der Waals surface area contributed by atoms with Gasteiger partial charge in [-0.05, 0) is 62.6 Å². The van der Waals surface area contributed by atoms with Gasteiger partial charge in [-0.2, -0.15) is 0 Å². The van der Waals surface area contributed by atoms with Gasteiger partial charge in [-0.1, -0.05) is 0 Å². The number of nitrogens with zero attached hydrogens (tertiary/aromatic N) is 4. The van der Waals surface area contributed by atoms with Crippen molar-refractivity contribution in [1.82, 2.24) is 15.1 Å². The molecule has 0 aromatic heterocycles. The summed E-state index contributed by atoms with van der Waals surface area (Å²) in [5.74, 6) is -0.104. The molecule has 2 aromatic rings. The second-order valence-electron chi connectivity index (χ2n) is 10.3. The molecule has 0 unspecified atom stereocenters. The van der Waals surface area contributed by atoms with Crippen molar-refractivity contribution in [2.75, 3.05) is 62.6 Å². The maximum Gasteiger partial charge on any atom is 0.269 e. The van der Waals surface area contributed by atoms with Crippen LogP contribution in [0.25, 0.3) is 0 Å². The molecule has 2 N–H and O–H groups in total. The molecule has 2 heterocycles. The van der Waals surface area contributed by atoms with E-state index >= 15 is 0 Å². The Balaban J connectivity index is 1.40. The average molecular weight is 535 g/mol. The lowest BCUT2D eigenvalue weighted by atomic mass is 10.1. The van der Waals surface area contributed by atoms with E-state index in [0.29, 0.717) is 50.5 Å². The Morgan fingerprint density at radius 1 is 0.846 bits per heavy atom. The molecule has 3 aliphatic rings. The fourth-order valence-electron chi connectivity index (χ4n) is 5.17. The molecule has 11 heteroatoms. The van der Waals surface area contributed by atoms with E-state index in [9.17, 15) is 24.5 Å². The maximum atomic E-state index is 13.4. The van der Waals surface area contributed by atoms with Crippen molar-refractivity contribution in [3.8, 4) is 0 Å². The van der Waals surface area contributed by atoms with Crippen LogP contribution in [0.4, 0.5) is 17.1 Å². The van der Waals surface area contributed by atoms with Crippen LogP contribution in [0.15, 0.2) is 42.5 Å². The molecule has 1 aliphatic carbocycles. The lowest BCUT2D eigenvalue weighted by Gasteiger charge is -2.27. The van der Waals surface area contributed by atoms with Crippen LogP contribution < -0.4 is 15.5 Å². The standard InChI is InChI=1S/C28H34N6O5/c35-26(20-5-8-23(9-6-20)34(38)39)30-24-19-22(28(37)32-13-1-11-29-12-16-32)7-10-25(24)31-14-2-15-33(18-17-31)27(36)21-3-4-21/h5-10,19,21,29H,1-4,11-18H2,(H,30,35). The third kappa shape index (κ3) is 6.36. The number of benzene rings is 2. The first-order valence-corrected chi connectivity index (χ1v) is 13.6. The van der Waals surface area contributed by atoms with Crippen LogP contribution >= 0.6 is 0 Å². The molecule has 2 aromatic carbocycles. The quantitative estimate of drug-likeness (QED) is 0.431. The lowest BCUT2D eigenvalue weighted by Crippen LogP contribution is -2.36. The van der Waals surface area contributed by atoms with Crippen LogP contribution in [0.5, 0.6) is 0 Å². The number of amides is 3. The second kappa shape index (κ2) is 11.8. The zero-order valence-corrected chi connectivity index (χ0v) is 21.9. The van der Waals surface area contributed by atoms with Crippen LogP contribution in [0.1, 0.15) is 46.4 Å². The number of nitro benzene ring substituents is 1. The molecule has 0 spiro atoms. The molecule has 2 saturated heterocycles. The van der Waals surface area contributed by atoms with Gasteiger partial charge in [0, 0.05) is 75.0 Å². The van der Waals surface area contributed by atoms with Crippen molar-refractivity contribution in [3.05, 3.63) is 63.7 Å². The number of carbonyl (C=O) groups excluding carboxylic acids is 3. The van der Waals surface area contributed by atoms with Crippen molar-refractivity contribution in [2.45, 2.75) is 25.7 Å². The summed E-state index contributed by atoms with van der Waals surface area (Å²) in [4.78, 5) is 55.6. The summed E-state index contributed by atoms with van der Waals surface area (Å²) in [6.07, 6.45) is 3.62. The summed E-state index contributed by atoms with van der Waals surface area (Å²) in [5, 5.41) is 17.3. The largest absolute Gasteiger partial charge is 0.368 e. The zero-order chi connectivity index (χ0) is 27.4. The molecule has 39 heavy (non-hydrogen) atoms. The molecule has 3 amide bonds. The van der Waals surface area contributed by atoms with Gasteiger partial charge in [0.25, 0.3) is 17.5 Å². The molecule has 11 nitrogen and oxygen atoms in total. The van der Waals surface area contributed by atoms with Gasteiger partial charge in [-0.15, -0.1) is 0 Å². The highest BCUT2D eigenvalue weighted by molar-refractivity contribution is 6.07. The van der Waals surface area contributed by atoms with Gasteiger partial charge in [0.2, 0.25) is 5.91 Å². The van der Waals surface area contributed by atoms with E-state index in [-0.39, 0.29) is 29.0 Å². The predicted molar refractivity (Wildman–Crippen MR) is 147 cm³/mol. The van der Waals surface area contributed by atoms with Crippen LogP contribution in [-0.2, 0) is 4.79 Å². The molecular formula is C28H34N6O5. The van der Waals surface area contributed by atoms with Gasteiger partial charge in [0.1, 0.15) is 0 Å². The summed E-state index contributed by atoms with van der Waals surface area (Å²) in [7, 11) is 0. The van der Waals surface area contributed by atoms with Crippen molar-refractivity contribution >= 4 is 34.8 Å². The molecule has 0 atom stereocenters. The second-order valence-corrected chi connectivity index (χ2v) is 10.3. The van der Waals surface area contributed by atoms with Crippen molar-refractivity contribution in [3.63, 3.8) is 0 Å². The Morgan fingerprint density at radius 3 is 2.33 bits per heavy atom. The highest BCUT2D eigenvalue weighted by Gasteiger charge is 2.34. The van der Waals surface area contributed by atoms with Crippen molar-refractivity contribution in [1.29, 1.82) is 0 Å². The number of nitrogens with one attached hydrogen (secondary N) is 2. The van der Waals surface area contributed by atoms with Gasteiger partial charge in [0.15, 0.2) is 0 Å². The van der Waals surface area contributed by atoms with Crippen molar-refractivity contribution in [2.24, 2.45) is 5.92 Å². The first kappa shape index (κ1) is 26.6. The molecule has 2 aliphatic heterocycles. The summed E-state index contributed by atoms with van der Waals surface area (Å²) >= 11 is 0. The van der Waals surface area contributed by atoms with E-state index in [1.54, 1.807) is 12.1 Å². The Kier molecular flexibility index (Phi) is 8.06. The van der Waals surface area contributed by atoms with E-state index in [0.717, 1.165) is 44.5 Å². The first-order chi connectivity index (χ1) is 18.9. The Labute approximate surface area is 227 Å². The maximum absolute atomic E-state index is 13.4. The minimum atomic E-state index is -0.510. The average Bonchev–Trinajstić information content (AvgIpc) is 3.81. The highest BCUT2D eigenvalue weighted by atomic mass is 16.6. The smallest absolute Gasteiger partial charge is 0.269 e. The minimum absolute atomic E-state index is 0.0897. The molecule has 5 rings (SSSR count). The van der Waals surface area contributed by atoms with E-state index in [4.69, 9.17) is 0 Å². The van der Waals surface area contributed by atoms with Crippen LogP contribution in [0, 0.1) is 16.0 Å². The summed E-state index contributed by atoms with van der Waals surface area (Å²) < 4.78 is 0. The number of anilines is 2. The van der Waals surface area contributed by atoms with E-state index in [1.807, 2.05) is 15.9 Å². The Morgan fingerprint density at radius 2 is 1.59 bits per heavy atom. The fraction of sp³-hybridized carbons (Fsp3) is 0.464. The van der Waals surface area contributed by atoms with Gasteiger partial charge < -0.3 is 25.3 Å². The molecule has 0 bridgehead atoms. The highest BCUT2D eigenvalue weighted by Crippen LogP contribution is 2.33. The van der Waals surface area contributed by atoms with E-state index in [2.05, 4.69) is 15.5 Å². The summed E-state index contributed by atoms with van der Waals surface area (Å²) in [5.41, 5.74) is 1.94. The number of carbonyl (C=O) groups is 3. The number of hydrogen-bond acceptors (Lipinski definition) is 7. The van der Waals surface area contributed by atoms with E-state index in [1.165, 1.54) is 24.3 Å². The van der Waals surface area contributed by atoms with Crippen LogP contribution in [-0.4, -0.2) is 84.8 Å². The topological polar surface area (TPSA) is 128 Å². The molecule has 0 radical (unpaired) electrons. The molecular weight excluding hydrogens is 500 g/mol. The van der Waals surface area contributed by atoms with Crippen LogP contribution in [0.2, 0.25) is 0 Å². The van der Waals surface area contributed by atoms with E-state index < -0.39 is 10.8 Å². The number of nitro groups is 1. The molecule has 3 fully saturated rings. The number of non-ortho nitro benzene ring substituents is 1. The number of rotatable bonds is 6. The summed E-state index contributed by atoms with van der Waals surface area (Å²) in [6.45, 7) is 5.51. The first-order valence-electron chi connectivity index (χ1n) is 13.6. The Hall–Kier alpha value is -3.99. The third-order valence-corrected chi connectivity index (χ3v) is 7.53. The predicted octanol–water partition coefficient (Wildman–Crippen LogP) is 2.73. The molecule has 206 valence electrons. The number of hydrogen-bond donors (Lipinski definition) is 2. The third-order valence-electron chi connectivity index (χ3n) is 7.53. The van der Waals surface area contributed by atoms with Crippen LogP contribution in [0.3, 0.4) is 0 Å². The van der Waals surface area contributed by atoms with Gasteiger partial charge >= 0.3 is 0 Å². The SMILES string of the molecule is O=C(Nc1cc(C(=O)N2CCCNCC2)ccc1N1CCCN(C(=O)C2CC2)CC1)c1ccc([N+](=O)[O-])cc1. The van der Waals surface area contributed by atoms with Gasteiger partial charge in [-0.25, -0.2) is 0 Å². The molecule has 1 saturated carbocycles. The zero-order valence-electron chi connectivity index (χ0n) is 21.9.